The van der Waals surface area contributed by atoms with Crippen LogP contribution in [0.2, 0.25) is 0 Å². The Morgan fingerprint density at radius 2 is 2.46 bits per heavy atom. The molecule has 5 heteroatoms. The molecule has 1 aliphatic heterocycles. The fraction of sp³-hybridized carbons (Fsp3) is 0.875. The molecule has 2 unspecified atom stereocenters. The number of β-amino-alcohol motifs (C(OH)–C–C–N with tert-alkyl or cyclic N) is 1. The lowest BCUT2D eigenvalue weighted by atomic mass is 10.1. The number of alkyl halides is 1. The molecular weight excluding hydrogens is 238 g/mol. The van der Waals surface area contributed by atoms with E-state index in [0.717, 1.165) is 13.0 Å². The van der Waals surface area contributed by atoms with Crippen molar-refractivity contribution >= 4 is 22.4 Å². The van der Waals surface area contributed by atoms with Gasteiger partial charge in [0, 0.05) is 17.9 Å². The zero-order chi connectivity index (χ0) is 9.68. The molecule has 0 aromatic carbocycles. The van der Waals surface area contributed by atoms with Crippen LogP contribution in [0.15, 0.2) is 0 Å². The van der Waals surface area contributed by atoms with Crippen molar-refractivity contribution < 1.29 is 14.6 Å². The molecule has 0 aliphatic carbocycles. The zero-order valence-corrected chi connectivity index (χ0v) is 8.94. The molecule has 0 bridgehead atoms. The highest BCUT2D eigenvalue weighted by molar-refractivity contribution is 9.09. The van der Waals surface area contributed by atoms with Gasteiger partial charge in [0.2, 0.25) is 0 Å². The highest BCUT2D eigenvalue weighted by Gasteiger charge is 2.24. The maximum atomic E-state index is 9.87. The van der Waals surface area contributed by atoms with E-state index in [-0.39, 0.29) is 10.9 Å². The molecule has 1 heterocycles. The van der Waals surface area contributed by atoms with Gasteiger partial charge in [-0.25, -0.2) is 0 Å². The number of carbonyl (C=O) groups is 1. The summed E-state index contributed by atoms with van der Waals surface area (Å²) in [4.78, 5) is 12.2. The lowest BCUT2D eigenvalue weighted by Crippen LogP contribution is -2.45. The van der Waals surface area contributed by atoms with Crippen molar-refractivity contribution in [2.75, 3.05) is 26.2 Å². The number of aliphatic hydroxyl groups is 1. The van der Waals surface area contributed by atoms with E-state index >= 15 is 0 Å². The van der Waals surface area contributed by atoms with Crippen molar-refractivity contribution in [2.24, 2.45) is 0 Å². The van der Waals surface area contributed by atoms with E-state index in [1.807, 2.05) is 0 Å². The van der Waals surface area contributed by atoms with Crippen molar-refractivity contribution in [3.8, 4) is 0 Å². The number of nitrogens with zero attached hydrogens (tertiary/aromatic N) is 1. The third-order valence-corrected chi connectivity index (χ3v) is 3.25. The Bertz CT molecular complexity index is 167. The lowest BCUT2D eigenvalue weighted by Gasteiger charge is -2.32. The number of hydrogen-bond acceptors (Lipinski definition) is 4. The summed E-state index contributed by atoms with van der Waals surface area (Å²) < 4.78 is 4.58. The van der Waals surface area contributed by atoms with Crippen LogP contribution >= 0.6 is 15.9 Å². The van der Waals surface area contributed by atoms with Crippen LogP contribution < -0.4 is 0 Å². The van der Waals surface area contributed by atoms with Gasteiger partial charge in [0.05, 0.1) is 6.10 Å². The number of hydrogen-bond donors (Lipinski definition) is 1. The van der Waals surface area contributed by atoms with Crippen molar-refractivity contribution in [3.63, 3.8) is 0 Å². The summed E-state index contributed by atoms with van der Waals surface area (Å²) in [5, 5.41) is 9.51. The van der Waals surface area contributed by atoms with Gasteiger partial charge < -0.3 is 9.84 Å². The van der Waals surface area contributed by atoms with Crippen molar-refractivity contribution in [3.05, 3.63) is 0 Å². The summed E-state index contributed by atoms with van der Waals surface area (Å²) in [6.07, 6.45) is 0.618. The Labute approximate surface area is 86.0 Å². The van der Waals surface area contributed by atoms with Gasteiger partial charge in [-0.1, -0.05) is 15.9 Å². The number of halogens is 1. The second-order valence-corrected chi connectivity index (χ2v) is 4.32. The summed E-state index contributed by atoms with van der Waals surface area (Å²) in [6.45, 7) is 3.15. The summed E-state index contributed by atoms with van der Waals surface area (Å²) in [5.41, 5.74) is 0. The van der Waals surface area contributed by atoms with E-state index < -0.39 is 0 Å². The van der Waals surface area contributed by atoms with E-state index in [9.17, 15) is 9.90 Å². The van der Waals surface area contributed by atoms with Crippen molar-refractivity contribution in [1.82, 2.24) is 4.90 Å². The topological polar surface area (TPSA) is 49.8 Å². The first-order chi connectivity index (χ1) is 6.24. The minimum atomic E-state index is -0.315. The number of ether oxygens (including phenoxy) is 1. The molecule has 1 rings (SSSR count). The van der Waals surface area contributed by atoms with Gasteiger partial charge in [-0.2, -0.15) is 0 Å². The predicted octanol–water partition coefficient (Wildman–Crippen LogP) is -0.0105. The molecule has 0 aromatic heterocycles. The van der Waals surface area contributed by atoms with Gasteiger partial charge in [-0.3, -0.25) is 9.69 Å². The van der Waals surface area contributed by atoms with Gasteiger partial charge in [0.25, 0.3) is 6.47 Å². The fourth-order valence-corrected chi connectivity index (χ4v) is 1.77. The Balaban J connectivity index is 2.17. The van der Waals surface area contributed by atoms with Crippen LogP contribution in [-0.2, 0) is 9.53 Å². The Hall–Kier alpha value is -0.130. The lowest BCUT2D eigenvalue weighted by molar-refractivity contribution is -0.129. The monoisotopic (exact) mass is 251 g/mol. The summed E-state index contributed by atoms with van der Waals surface area (Å²) >= 11 is 3.40. The average Bonchev–Trinajstić information content (AvgIpc) is 2.12. The van der Waals surface area contributed by atoms with Crippen LogP contribution in [0.5, 0.6) is 0 Å². The van der Waals surface area contributed by atoms with E-state index in [4.69, 9.17) is 0 Å². The summed E-state index contributed by atoms with van der Waals surface area (Å²) in [5.74, 6) is 0. The molecule has 0 aromatic rings. The molecular formula is C8H14BrNO3. The number of likely N-dealkylation sites (tertiary alicyclic amines) is 1. The normalized spacial score (nSPS) is 30.0. The Morgan fingerprint density at radius 1 is 1.69 bits per heavy atom. The number of piperidine rings is 1. The van der Waals surface area contributed by atoms with Crippen molar-refractivity contribution in [2.45, 2.75) is 17.4 Å². The highest BCUT2D eigenvalue weighted by Crippen LogP contribution is 2.17. The largest absolute Gasteiger partial charge is 0.467 e. The molecule has 1 aliphatic rings. The standard InChI is InChI=1S/C8H14BrNO3/c9-7-1-2-10(5-8(7)12)3-4-13-6-11/h6-8,12H,1-5H2. The number of rotatable bonds is 4. The Kier molecular flexibility index (Phi) is 4.69. The molecule has 1 saturated heterocycles. The van der Waals surface area contributed by atoms with Gasteiger partial charge in [0.1, 0.15) is 6.61 Å². The molecule has 0 radical (unpaired) electrons. The first-order valence-electron chi connectivity index (χ1n) is 4.34. The van der Waals surface area contributed by atoms with Crippen LogP contribution in [-0.4, -0.2) is 53.7 Å². The molecule has 4 nitrogen and oxygen atoms in total. The zero-order valence-electron chi connectivity index (χ0n) is 7.36. The summed E-state index contributed by atoms with van der Waals surface area (Å²) in [7, 11) is 0. The van der Waals surface area contributed by atoms with E-state index in [1.165, 1.54) is 0 Å². The van der Waals surface area contributed by atoms with Gasteiger partial charge in [-0.05, 0) is 13.0 Å². The van der Waals surface area contributed by atoms with E-state index in [1.54, 1.807) is 0 Å². The SMILES string of the molecule is O=COCCN1CCC(Br)C(O)C1. The van der Waals surface area contributed by atoms with Gasteiger partial charge in [-0.15, -0.1) is 0 Å². The number of aliphatic hydroxyl groups excluding tert-OH is 1. The molecule has 0 spiro atoms. The molecule has 0 saturated carbocycles. The Morgan fingerprint density at radius 3 is 3.08 bits per heavy atom. The van der Waals surface area contributed by atoms with Crippen LogP contribution in [0.1, 0.15) is 6.42 Å². The van der Waals surface area contributed by atoms with Crippen LogP contribution in [0, 0.1) is 0 Å². The smallest absolute Gasteiger partial charge is 0.293 e. The first kappa shape index (κ1) is 10.9. The maximum absolute atomic E-state index is 9.87. The third-order valence-electron chi connectivity index (χ3n) is 2.18. The van der Waals surface area contributed by atoms with Crippen molar-refractivity contribution in [1.29, 1.82) is 0 Å². The maximum Gasteiger partial charge on any atom is 0.293 e. The van der Waals surface area contributed by atoms with Crippen LogP contribution in [0.4, 0.5) is 0 Å². The highest BCUT2D eigenvalue weighted by atomic mass is 79.9. The predicted molar refractivity (Wildman–Crippen MR) is 51.8 cm³/mol. The van der Waals surface area contributed by atoms with E-state index in [2.05, 4.69) is 25.6 Å². The molecule has 13 heavy (non-hydrogen) atoms. The van der Waals surface area contributed by atoms with E-state index in [0.29, 0.717) is 26.2 Å². The minimum absolute atomic E-state index is 0.204. The van der Waals surface area contributed by atoms with Crippen LogP contribution in [0.3, 0.4) is 0 Å². The third kappa shape index (κ3) is 3.62. The molecule has 0 amide bonds. The fourth-order valence-electron chi connectivity index (χ4n) is 1.40. The summed E-state index contributed by atoms with van der Waals surface area (Å²) in [6, 6.07) is 0. The average molecular weight is 252 g/mol. The second-order valence-electron chi connectivity index (χ2n) is 3.14. The van der Waals surface area contributed by atoms with Gasteiger partial charge in [0.15, 0.2) is 0 Å². The minimum Gasteiger partial charge on any atom is -0.467 e. The second kappa shape index (κ2) is 5.57. The van der Waals surface area contributed by atoms with Gasteiger partial charge >= 0.3 is 0 Å². The quantitative estimate of drug-likeness (QED) is 0.434. The number of carbonyl (C=O) groups excluding carboxylic acids is 1. The van der Waals surface area contributed by atoms with Crippen LogP contribution in [0.25, 0.3) is 0 Å². The molecule has 2 atom stereocenters. The first-order valence-corrected chi connectivity index (χ1v) is 5.25. The molecule has 1 N–H and O–H groups in total. The molecule has 1 fully saturated rings. The molecule has 76 valence electrons.